The van der Waals surface area contributed by atoms with Crippen molar-refractivity contribution in [2.45, 2.75) is 0 Å². The molecule has 0 aliphatic carbocycles. The van der Waals surface area contributed by atoms with E-state index in [0.717, 1.165) is 28.1 Å². The van der Waals surface area contributed by atoms with Crippen LogP contribution in [0.1, 0.15) is 5.56 Å². The second-order valence-electron chi connectivity index (χ2n) is 7.10. The number of nitrogens with one attached hydrogen (secondary N) is 1. The SMILES string of the molecule is CN(C)c1cccc(-c2c(-c3ccccn3)c[nH]c(=O)c2-c2ccccc2C#N)c1. The Morgan fingerprint density at radius 1 is 0.933 bits per heavy atom. The number of anilines is 1. The van der Waals surface area contributed by atoms with Crippen molar-refractivity contribution >= 4 is 5.69 Å². The molecular formula is C25H20N4O. The van der Waals surface area contributed by atoms with Crippen LogP contribution < -0.4 is 10.5 Å². The zero-order chi connectivity index (χ0) is 21.1. The van der Waals surface area contributed by atoms with Gasteiger partial charge in [-0.2, -0.15) is 5.26 Å². The fourth-order valence-corrected chi connectivity index (χ4v) is 3.55. The summed E-state index contributed by atoms with van der Waals surface area (Å²) in [5, 5.41) is 9.65. The smallest absolute Gasteiger partial charge is 0.256 e. The Kier molecular flexibility index (Phi) is 5.15. The Bertz CT molecular complexity index is 1300. The fourth-order valence-electron chi connectivity index (χ4n) is 3.55. The molecule has 0 unspecified atom stereocenters. The molecule has 146 valence electrons. The summed E-state index contributed by atoms with van der Waals surface area (Å²) < 4.78 is 0. The van der Waals surface area contributed by atoms with E-state index in [1.165, 1.54) is 0 Å². The van der Waals surface area contributed by atoms with Gasteiger partial charge in [0.05, 0.1) is 22.9 Å². The first-order valence-corrected chi connectivity index (χ1v) is 9.54. The highest BCUT2D eigenvalue weighted by atomic mass is 16.1. The first-order chi connectivity index (χ1) is 14.6. The van der Waals surface area contributed by atoms with Gasteiger partial charge in [0.15, 0.2) is 0 Å². The van der Waals surface area contributed by atoms with Gasteiger partial charge in [0.1, 0.15) is 0 Å². The molecule has 5 heteroatoms. The summed E-state index contributed by atoms with van der Waals surface area (Å²) in [5.74, 6) is 0. The minimum Gasteiger partial charge on any atom is -0.378 e. The fraction of sp³-hybridized carbons (Fsp3) is 0.0800. The van der Waals surface area contributed by atoms with Crippen LogP contribution in [0, 0.1) is 11.3 Å². The van der Waals surface area contributed by atoms with Crippen molar-refractivity contribution < 1.29 is 0 Å². The molecule has 0 saturated heterocycles. The van der Waals surface area contributed by atoms with Crippen LogP contribution in [-0.2, 0) is 0 Å². The maximum Gasteiger partial charge on any atom is 0.256 e. The van der Waals surface area contributed by atoms with Gasteiger partial charge in [0.2, 0.25) is 0 Å². The van der Waals surface area contributed by atoms with Gasteiger partial charge in [-0.15, -0.1) is 0 Å². The Balaban J connectivity index is 2.13. The summed E-state index contributed by atoms with van der Waals surface area (Å²) in [7, 11) is 3.95. The van der Waals surface area contributed by atoms with Crippen molar-refractivity contribution in [2.24, 2.45) is 0 Å². The van der Waals surface area contributed by atoms with Crippen LogP contribution in [0.5, 0.6) is 0 Å². The normalized spacial score (nSPS) is 10.4. The van der Waals surface area contributed by atoms with Crippen LogP contribution in [0.3, 0.4) is 0 Å². The van der Waals surface area contributed by atoms with Gasteiger partial charge < -0.3 is 9.88 Å². The van der Waals surface area contributed by atoms with Gasteiger partial charge >= 0.3 is 0 Å². The molecule has 4 aromatic rings. The van der Waals surface area contributed by atoms with E-state index >= 15 is 0 Å². The predicted octanol–water partition coefficient (Wildman–Crippen LogP) is 4.71. The van der Waals surface area contributed by atoms with Gasteiger partial charge in [0, 0.05) is 48.9 Å². The molecule has 0 aliphatic rings. The van der Waals surface area contributed by atoms with E-state index in [-0.39, 0.29) is 5.56 Å². The maximum atomic E-state index is 13.1. The number of rotatable bonds is 4. The summed E-state index contributed by atoms with van der Waals surface area (Å²) in [6.45, 7) is 0. The third-order valence-corrected chi connectivity index (χ3v) is 5.00. The average molecular weight is 392 g/mol. The van der Waals surface area contributed by atoms with Crippen LogP contribution in [0.2, 0.25) is 0 Å². The summed E-state index contributed by atoms with van der Waals surface area (Å²) in [6, 6.07) is 23.1. The molecule has 0 radical (unpaired) electrons. The molecule has 2 heterocycles. The van der Waals surface area contributed by atoms with Crippen molar-refractivity contribution in [1.82, 2.24) is 9.97 Å². The van der Waals surface area contributed by atoms with Crippen molar-refractivity contribution in [3.63, 3.8) is 0 Å². The number of nitrogens with zero attached hydrogens (tertiary/aromatic N) is 3. The number of hydrogen-bond donors (Lipinski definition) is 1. The summed E-state index contributed by atoms with van der Waals surface area (Å²) >= 11 is 0. The second-order valence-corrected chi connectivity index (χ2v) is 7.10. The Labute approximate surface area is 174 Å². The number of pyridine rings is 2. The van der Waals surface area contributed by atoms with Crippen molar-refractivity contribution in [2.75, 3.05) is 19.0 Å². The quantitative estimate of drug-likeness (QED) is 0.546. The highest BCUT2D eigenvalue weighted by molar-refractivity contribution is 5.94. The van der Waals surface area contributed by atoms with Crippen LogP contribution in [0.4, 0.5) is 5.69 Å². The third-order valence-electron chi connectivity index (χ3n) is 5.00. The number of H-pyrrole nitrogens is 1. The van der Waals surface area contributed by atoms with Gasteiger partial charge in [-0.1, -0.05) is 36.4 Å². The highest BCUT2D eigenvalue weighted by Gasteiger charge is 2.20. The van der Waals surface area contributed by atoms with Crippen molar-refractivity contribution in [3.05, 3.63) is 95.0 Å². The van der Waals surface area contributed by atoms with Crippen LogP contribution in [-0.4, -0.2) is 24.1 Å². The zero-order valence-corrected chi connectivity index (χ0v) is 16.8. The van der Waals surface area contributed by atoms with E-state index in [1.54, 1.807) is 24.5 Å². The number of aromatic amines is 1. The molecule has 0 fully saturated rings. The maximum absolute atomic E-state index is 13.1. The number of aromatic nitrogens is 2. The molecule has 0 bridgehead atoms. The second kappa shape index (κ2) is 8.06. The molecule has 5 nitrogen and oxygen atoms in total. The van der Waals surface area contributed by atoms with Gasteiger partial charge in [0.25, 0.3) is 5.56 Å². The average Bonchev–Trinajstić information content (AvgIpc) is 2.79. The van der Waals surface area contributed by atoms with Gasteiger partial charge in [-0.25, -0.2) is 0 Å². The highest BCUT2D eigenvalue weighted by Crippen LogP contribution is 2.38. The van der Waals surface area contributed by atoms with E-state index in [9.17, 15) is 10.1 Å². The monoisotopic (exact) mass is 392 g/mol. The Hall–Kier alpha value is -4.17. The lowest BCUT2D eigenvalue weighted by Crippen LogP contribution is -2.13. The molecule has 30 heavy (non-hydrogen) atoms. The topological polar surface area (TPSA) is 72.8 Å². The molecule has 0 aliphatic heterocycles. The van der Waals surface area contributed by atoms with E-state index < -0.39 is 0 Å². The summed E-state index contributed by atoms with van der Waals surface area (Å²) in [6.07, 6.45) is 3.42. The van der Waals surface area contributed by atoms with E-state index in [4.69, 9.17) is 0 Å². The molecule has 0 amide bonds. The first-order valence-electron chi connectivity index (χ1n) is 9.54. The number of benzene rings is 2. The predicted molar refractivity (Wildman–Crippen MR) is 120 cm³/mol. The molecule has 2 aromatic heterocycles. The molecule has 1 N–H and O–H groups in total. The zero-order valence-electron chi connectivity index (χ0n) is 16.8. The Morgan fingerprint density at radius 3 is 2.47 bits per heavy atom. The standard InChI is InChI=1S/C25H20N4O/c1-29(2)19-10-7-9-17(14-19)23-21(22-12-5-6-13-27-22)16-28-25(30)24(23)20-11-4-3-8-18(20)15-26/h3-14,16H,1-2H3,(H,28,30). The van der Waals surface area contributed by atoms with Crippen molar-refractivity contribution in [1.29, 1.82) is 5.26 Å². The number of hydrogen-bond acceptors (Lipinski definition) is 4. The lowest BCUT2D eigenvalue weighted by molar-refractivity contribution is 1.13. The van der Waals surface area contributed by atoms with Crippen LogP contribution >= 0.6 is 0 Å². The Morgan fingerprint density at radius 2 is 1.73 bits per heavy atom. The minimum absolute atomic E-state index is 0.248. The molecule has 2 aromatic carbocycles. The number of nitriles is 1. The van der Waals surface area contributed by atoms with Crippen molar-refractivity contribution in [3.8, 4) is 39.6 Å². The van der Waals surface area contributed by atoms with Gasteiger partial charge in [-0.05, 0) is 35.9 Å². The summed E-state index contributed by atoms with van der Waals surface area (Å²) in [4.78, 5) is 22.5. The third kappa shape index (κ3) is 3.47. The van der Waals surface area contributed by atoms with E-state index in [2.05, 4.69) is 16.0 Å². The largest absolute Gasteiger partial charge is 0.378 e. The molecule has 4 rings (SSSR count). The van der Waals surface area contributed by atoms with Gasteiger partial charge in [-0.3, -0.25) is 9.78 Å². The van der Waals surface area contributed by atoms with Crippen LogP contribution in [0.25, 0.3) is 33.5 Å². The first kappa shape index (κ1) is 19.2. The van der Waals surface area contributed by atoms with E-state index in [1.807, 2.05) is 73.6 Å². The molecule has 0 saturated carbocycles. The minimum atomic E-state index is -0.248. The lowest BCUT2D eigenvalue weighted by Gasteiger charge is -2.18. The molecular weight excluding hydrogens is 372 g/mol. The summed E-state index contributed by atoms with van der Waals surface area (Å²) in [5.41, 5.74) is 5.46. The lowest BCUT2D eigenvalue weighted by atomic mass is 9.89. The van der Waals surface area contributed by atoms with E-state index in [0.29, 0.717) is 16.7 Å². The molecule has 0 atom stereocenters. The van der Waals surface area contributed by atoms with Crippen LogP contribution in [0.15, 0.2) is 83.9 Å². The molecule has 0 spiro atoms.